The Kier molecular flexibility index (Phi) is 3.37. The predicted molar refractivity (Wildman–Crippen MR) is 57.9 cm³/mol. The van der Waals surface area contributed by atoms with Gasteiger partial charge in [-0.05, 0) is 46.6 Å². The van der Waals surface area contributed by atoms with Gasteiger partial charge in [0.15, 0.2) is 0 Å². The smallest absolute Gasteiger partial charge is 0.0194 e. The Morgan fingerprint density at radius 1 is 1.09 bits per heavy atom. The van der Waals surface area contributed by atoms with E-state index in [0.717, 1.165) is 12.8 Å². The molecule has 0 radical (unpaired) electrons. The molecule has 0 aromatic heterocycles. The van der Waals surface area contributed by atoms with Crippen LogP contribution in [0.15, 0.2) is 18.2 Å². The van der Waals surface area contributed by atoms with E-state index in [1.807, 2.05) is 0 Å². The van der Waals surface area contributed by atoms with E-state index in [0.29, 0.717) is 0 Å². The Morgan fingerprint density at radius 2 is 1.55 bits per heavy atom. The van der Waals surface area contributed by atoms with Crippen molar-refractivity contribution in [3.8, 4) is 0 Å². The van der Waals surface area contributed by atoms with Crippen LogP contribution in [-0.4, -0.2) is 0 Å². The summed E-state index contributed by atoms with van der Waals surface area (Å²) in [6.07, 6.45) is 2.29. The first-order valence-corrected chi connectivity index (χ1v) is 5.13. The summed E-state index contributed by atoms with van der Waals surface area (Å²) in [5.41, 5.74) is 2.95. The van der Waals surface area contributed by atoms with E-state index in [4.69, 9.17) is 0 Å². The van der Waals surface area contributed by atoms with Crippen LogP contribution in [0, 0.1) is 3.57 Å². The molecule has 0 spiro atoms. The van der Waals surface area contributed by atoms with Gasteiger partial charge < -0.3 is 0 Å². The van der Waals surface area contributed by atoms with E-state index in [9.17, 15) is 0 Å². The Labute approximate surface area is 82.2 Å². The maximum absolute atomic E-state index is 2.44. The maximum Gasteiger partial charge on any atom is 0.0194 e. The normalized spacial score (nSPS) is 10.1. The van der Waals surface area contributed by atoms with Gasteiger partial charge in [-0.1, -0.05) is 32.0 Å². The van der Waals surface area contributed by atoms with Gasteiger partial charge in [0.2, 0.25) is 0 Å². The van der Waals surface area contributed by atoms with E-state index in [2.05, 4.69) is 54.6 Å². The van der Waals surface area contributed by atoms with Crippen molar-refractivity contribution in [1.29, 1.82) is 0 Å². The molecular weight excluding hydrogens is 247 g/mol. The van der Waals surface area contributed by atoms with Crippen LogP contribution in [0.2, 0.25) is 0 Å². The van der Waals surface area contributed by atoms with Crippen molar-refractivity contribution in [2.24, 2.45) is 0 Å². The second kappa shape index (κ2) is 4.10. The Morgan fingerprint density at radius 3 is 1.91 bits per heavy atom. The van der Waals surface area contributed by atoms with Crippen LogP contribution in [0.3, 0.4) is 0 Å². The minimum absolute atomic E-state index is 1.14. The van der Waals surface area contributed by atoms with Crippen LogP contribution in [-0.2, 0) is 12.8 Å². The molecule has 0 nitrogen and oxygen atoms in total. The van der Waals surface area contributed by atoms with Gasteiger partial charge in [0.25, 0.3) is 0 Å². The second-order valence-corrected chi connectivity index (χ2v) is 3.68. The number of rotatable bonds is 2. The molecule has 0 heterocycles. The van der Waals surface area contributed by atoms with E-state index in [1.165, 1.54) is 14.7 Å². The third kappa shape index (κ3) is 1.95. The van der Waals surface area contributed by atoms with E-state index < -0.39 is 0 Å². The van der Waals surface area contributed by atoms with Gasteiger partial charge in [0.05, 0.1) is 0 Å². The molecular formula is C10H13I. The molecule has 0 fully saturated rings. The minimum Gasteiger partial charge on any atom is -0.0616 e. The highest BCUT2D eigenvalue weighted by Crippen LogP contribution is 2.18. The first-order valence-electron chi connectivity index (χ1n) is 4.05. The van der Waals surface area contributed by atoms with Crippen LogP contribution >= 0.6 is 22.6 Å². The summed E-state index contributed by atoms with van der Waals surface area (Å²) in [6, 6.07) is 6.57. The quantitative estimate of drug-likeness (QED) is 0.715. The topological polar surface area (TPSA) is 0 Å². The molecule has 0 aliphatic carbocycles. The lowest BCUT2D eigenvalue weighted by Crippen LogP contribution is -1.91. The van der Waals surface area contributed by atoms with Crippen LogP contribution in [0.5, 0.6) is 0 Å². The molecule has 1 rings (SSSR count). The molecule has 1 aromatic rings. The maximum atomic E-state index is 2.44. The lowest BCUT2D eigenvalue weighted by molar-refractivity contribution is 1.07. The highest BCUT2D eigenvalue weighted by Gasteiger charge is 2.00. The summed E-state index contributed by atoms with van der Waals surface area (Å²) in [5, 5.41) is 0. The monoisotopic (exact) mass is 260 g/mol. The van der Waals surface area contributed by atoms with Gasteiger partial charge in [-0.25, -0.2) is 0 Å². The number of hydrogen-bond donors (Lipinski definition) is 0. The van der Waals surface area contributed by atoms with Gasteiger partial charge >= 0.3 is 0 Å². The predicted octanol–water partition coefficient (Wildman–Crippen LogP) is 3.42. The molecule has 0 N–H and O–H groups in total. The van der Waals surface area contributed by atoms with Crippen molar-refractivity contribution in [2.45, 2.75) is 26.7 Å². The Hall–Kier alpha value is -0.0500. The van der Waals surface area contributed by atoms with Gasteiger partial charge in [0.1, 0.15) is 0 Å². The fourth-order valence-electron chi connectivity index (χ4n) is 1.18. The summed E-state index contributed by atoms with van der Waals surface area (Å²) in [6.45, 7) is 4.41. The van der Waals surface area contributed by atoms with Crippen LogP contribution in [0.4, 0.5) is 0 Å². The minimum atomic E-state index is 1.14. The highest BCUT2D eigenvalue weighted by atomic mass is 127. The molecule has 1 heteroatoms. The van der Waals surface area contributed by atoms with Crippen molar-refractivity contribution < 1.29 is 0 Å². The molecule has 0 saturated heterocycles. The number of benzene rings is 1. The molecule has 11 heavy (non-hydrogen) atoms. The fourth-order valence-corrected chi connectivity index (χ4v) is 2.30. The van der Waals surface area contributed by atoms with Crippen molar-refractivity contribution in [2.75, 3.05) is 0 Å². The van der Waals surface area contributed by atoms with E-state index >= 15 is 0 Å². The summed E-state index contributed by atoms with van der Waals surface area (Å²) >= 11 is 2.44. The molecule has 0 bridgehead atoms. The zero-order chi connectivity index (χ0) is 8.27. The molecule has 0 aliphatic rings. The number of halogens is 1. The van der Waals surface area contributed by atoms with Crippen molar-refractivity contribution in [3.63, 3.8) is 0 Å². The van der Waals surface area contributed by atoms with Gasteiger partial charge in [-0.2, -0.15) is 0 Å². The molecule has 0 amide bonds. The van der Waals surface area contributed by atoms with Crippen LogP contribution < -0.4 is 0 Å². The third-order valence-corrected chi connectivity index (χ3v) is 3.31. The largest absolute Gasteiger partial charge is 0.0616 e. The molecule has 1 aromatic carbocycles. The lowest BCUT2D eigenvalue weighted by Gasteiger charge is -2.05. The van der Waals surface area contributed by atoms with Crippen molar-refractivity contribution >= 4 is 22.6 Å². The van der Waals surface area contributed by atoms with Gasteiger partial charge in [-0.3, -0.25) is 0 Å². The van der Waals surface area contributed by atoms with Crippen LogP contribution in [0.25, 0.3) is 0 Å². The van der Waals surface area contributed by atoms with E-state index in [1.54, 1.807) is 0 Å². The molecule has 0 unspecified atom stereocenters. The lowest BCUT2D eigenvalue weighted by atomic mass is 10.1. The van der Waals surface area contributed by atoms with Crippen LogP contribution in [0.1, 0.15) is 25.0 Å². The summed E-state index contributed by atoms with van der Waals surface area (Å²) in [4.78, 5) is 0. The van der Waals surface area contributed by atoms with Crippen molar-refractivity contribution in [3.05, 3.63) is 32.9 Å². The number of hydrogen-bond acceptors (Lipinski definition) is 0. The Bertz CT molecular complexity index is 218. The zero-order valence-corrected chi connectivity index (χ0v) is 9.18. The first kappa shape index (κ1) is 9.04. The molecule has 0 atom stereocenters. The molecule has 60 valence electrons. The fraction of sp³-hybridized carbons (Fsp3) is 0.400. The number of aryl methyl sites for hydroxylation is 2. The summed E-state index contributed by atoms with van der Waals surface area (Å²) in [5.74, 6) is 0. The Balaban J connectivity index is 3.10. The van der Waals surface area contributed by atoms with Gasteiger partial charge in [-0.15, -0.1) is 0 Å². The van der Waals surface area contributed by atoms with Gasteiger partial charge in [0, 0.05) is 3.57 Å². The average molecular weight is 260 g/mol. The average Bonchev–Trinajstić information content (AvgIpc) is 2.05. The molecule has 0 aliphatic heterocycles. The zero-order valence-electron chi connectivity index (χ0n) is 7.02. The summed E-state index contributed by atoms with van der Waals surface area (Å²) < 4.78 is 1.45. The molecule has 0 saturated carbocycles. The third-order valence-electron chi connectivity index (χ3n) is 1.92. The highest BCUT2D eigenvalue weighted by molar-refractivity contribution is 14.1. The van der Waals surface area contributed by atoms with Crippen molar-refractivity contribution in [1.82, 2.24) is 0 Å². The standard InChI is InChI=1S/C10H13I/c1-3-8-6-5-7-9(4-2)10(8)11/h5-7H,3-4H2,1-2H3. The summed E-state index contributed by atoms with van der Waals surface area (Å²) in [7, 11) is 0. The first-order chi connectivity index (χ1) is 5.29. The SMILES string of the molecule is CCc1cccc(CC)c1I. The van der Waals surface area contributed by atoms with E-state index in [-0.39, 0.29) is 0 Å². The second-order valence-electron chi connectivity index (χ2n) is 2.60.